The van der Waals surface area contributed by atoms with Crippen molar-refractivity contribution in [2.45, 2.75) is 0 Å². The van der Waals surface area contributed by atoms with Crippen molar-refractivity contribution in [3.63, 3.8) is 0 Å². The second-order valence-electron chi connectivity index (χ2n) is 6.07. The highest BCUT2D eigenvalue weighted by atomic mass is 32.2. The molecule has 2 aromatic carbocycles. The van der Waals surface area contributed by atoms with Gasteiger partial charge in [0.2, 0.25) is 0 Å². The summed E-state index contributed by atoms with van der Waals surface area (Å²) < 4.78 is 16.8. The summed E-state index contributed by atoms with van der Waals surface area (Å²) in [6.45, 7) is 0. The van der Waals surface area contributed by atoms with Crippen LogP contribution in [0.4, 0.5) is 0 Å². The zero-order chi connectivity index (χ0) is 19.0. The Bertz CT molecular complexity index is 1190. The Labute approximate surface area is 181 Å². The summed E-state index contributed by atoms with van der Waals surface area (Å²) >= 11 is 6.94. The average Bonchev–Trinajstić information content (AvgIpc) is 3.47. The van der Waals surface area contributed by atoms with Gasteiger partial charge in [0.25, 0.3) is 0 Å². The molecule has 0 saturated carbocycles. The molecule has 0 amide bonds. The molecule has 0 fully saturated rings. The lowest BCUT2D eigenvalue weighted by atomic mass is 10.2. The first-order valence-corrected chi connectivity index (χ1v) is 13.7. The van der Waals surface area contributed by atoms with Gasteiger partial charge in [-0.3, -0.25) is 0 Å². The minimum Gasteiger partial charge on any atom is -0.308 e. The zero-order valence-corrected chi connectivity index (χ0v) is 18.7. The van der Waals surface area contributed by atoms with E-state index < -0.39 is 7.14 Å². The zero-order valence-electron chi connectivity index (χ0n) is 14.5. The molecule has 2 aromatic rings. The summed E-state index contributed by atoms with van der Waals surface area (Å²) in [7, 11) is -2.90. The normalized spacial score (nSPS) is 22.6. The summed E-state index contributed by atoms with van der Waals surface area (Å²) in [5, 5.41) is 8.76. The maximum absolute atomic E-state index is 14.2. The molecule has 1 atom stereocenters. The van der Waals surface area contributed by atoms with Gasteiger partial charge in [-0.25, -0.2) is 0 Å². The molecule has 3 aliphatic rings. The van der Waals surface area contributed by atoms with Crippen LogP contribution in [0, 0.1) is 11.8 Å². The topological polar surface area (TPSA) is 17.1 Å². The van der Waals surface area contributed by atoms with Crippen LogP contribution in [-0.4, -0.2) is 0 Å². The van der Waals surface area contributed by atoms with Crippen LogP contribution >= 0.6 is 54.2 Å². The SMILES string of the molecule is O=P1(c2ccccc2)C(C#CC2=CSC(=C3SC=CS3)S2)=Cc2ccccc21. The monoisotopic (exact) mass is 452 g/mol. The summed E-state index contributed by atoms with van der Waals surface area (Å²) in [6, 6.07) is 17.6. The molecule has 0 saturated heterocycles. The Balaban J connectivity index is 1.50. The van der Waals surface area contributed by atoms with Gasteiger partial charge in [0, 0.05) is 10.6 Å². The molecule has 3 aliphatic heterocycles. The van der Waals surface area contributed by atoms with E-state index in [1.54, 1.807) is 47.0 Å². The van der Waals surface area contributed by atoms with Gasteiger partial charge in [-0.15, -0.1) is 0 Å². The number of allylic oxidation sites excluding steroid dienone is 2. The van der Waals surface area contributed by atoms with Crippen molar-refractivity contribution < 1.29 is 4.57 Å². The molecule has 6 heteroatoms. The van der Waals surface area contributed by atoms with Gasteiger partial charge in [-0.2, -0.15) is 0 Å². The van der Waals surface area contributed by atoms with Crippen molar-refractivity contribution in [1.82, 2.24) is 0 Å². The Morgan fingerprint density at radius 3 is 2.36 bits per heavy atom. The third-order valence-electron chi connectivity index (χ3n) is 4.39. The molecule has 28 heavy (non-hydrogen) atoms. The van der Waals surface area contributed by atoms with E-state index in [2.05, 4.69) is 28.1 Å². The summed E-state index contributed by atoms with van der Waals surface area (Å²) in [5.41, 5.74) is 1.01. The van der Waals surface area contributed by atoms with Crippen molar-refractivity contribution in [2.75, 3.05) is 0 Å². The summed E-state index contributed by atoms with van der Waals surface area (Å²) in [4.78, 5) is 1.01. The number of fused-ring (bicyclic) bond motifs is 1. The van der Waals surface area contributed by atoms with Gasteiger partial charge < -0.3 is 4.57 Å². The first kappa shape index (κ1) is 18.6. The molecule has 0 aliphatic carbocycles. The van der Waals surface area contributed by atoms with Gasteiger partial charge in [0.05, 0.1) is 18.7 Å². The standard InChI is InChI=1S/C22H13OPS4/c23-24(17-7-2-1-3-8-17)18(14-16-6-4-5-9-20(16)24)10-11-19-15-27-22(28-19)21-25-12-13-26-21/h1-9,12-15H. The van der Waals surface area contributed by atoms with Crippen molar-refractivity contribution in [2.24, 2.45) is 0 Å². The van der Waals surface area contributed by atoms with E-state index in [9.17, 15) is 4.57 Å². The molecule has 0 bridgehead atoms. The van der Waals surface area contributed by atoms with Gasteiger partial charge in [0.15, 0.2) is 7.14 Å². The van der Waals surface area contributed by atoms with E-state index in [0.29, 0.717) is 0 Å². The van der Waals surface area contributed by atoms with Crippen LogP contribution in [0.3, 0.4) is 0 Å². The average molecular weight is 453 g/mol. The Kier molecular flexibility index (Phi) is 5.17. The molecule has 1 unspecified atom stereocenters. The highest BCUT2D eigenvalue weighted by molar-refractivity contribution is 8.33. The maximum Gasteiger partial charge on any atom is 0.179 e. The Hall–Kier alpha value is -1.41. The summed E-state index contributed by atoms with van der Waals surface area (Å²) in [5.74, 6) is 6.54. The van der Waals surface area contributed by atoms with Gasteiger partial charge >= 0.3 is 0 Å². The van der Waals surface area contributed by atoms with E-state index in [0.717, 1.165) is 26.4 Å². The van der Waals surface area contributed by atoms with E-state index in [1.807, 2.05) is 60.7 Å². The molecular formula is C22H13OPS4. The second kappa shape index (κ2) is 7.78. The number of hydrogen-bond acceptors (Lipinski definition) is 5. The molecule has 0 aromatic heterocycles. The van der Waals surface area contributed by atoms with Crippen molar-refractivity contribution in [3.8, 4) is 11.8 Å². The molecule has 5 rings (SSSR count). The fourth-order valence-electron chi connectivity index (χ4n) is 3.12. The molecule has 3 heterocycles. The number of rotatable bonds is 1. The van der Waals surface area contributed by atoms with Crippen LogP contribution in [0.5, 0.6) is 0 Å². The predicted molar refractivity (Wildman–Crippen MR) is 130 cm³/mol. The van der Waals surface area contributed by atoms with Gasteiger partial charge in [-0.1, -0.05) is 113 Å². The summed E-state index contributed by atoms with van der Waals surface area (Å²) in [6.07, 6.45) is 2.00. The van der Waals surface area contributed by atoms with Crippen LogP contribution in [0.25, 0.3) is 6.08 Å². The molecule has 136 valence electrons. The van der Waals surface area contributed by atoms with Gasteiger partial charge in [0.1, 0.15) is 0 Å². The Morgan fingerprint density at radius 1 is 0.786 bits per heavy atom. The van der Waals surface area contributed by atoms with Gasteiger partial charge in [-0.05, 0) is 27.9 Å². The quantitative estimate of drug-likeness (QED) is 0.350. The van der Waals surface area contributed by atoms with Crippen LogP contribution in [-0.2, 0) is 4.57 Å². The first-order chi connectivity index (χ1) is 13.7. The fourth-order valence-corrected chi connectivity index (χ4v) is 10.1. The van der Waals surface area contributed by atoms with Crippen molar-refractivity contribution >= 4 is 70.9 Å². The lowest BCUT2D eigenvalue weighted by Gasteiger charge is -2.15. The fraction of sp³-hybridized carbons (Fsp3) is 0. The third kappa shape index (κ3) is 3.28. The predicted octanol–water partition coefficient (Wildman–Crippen LogP) is 6.76. The molecular weight excluding hydrogens is 439 g/mol. The number of hydrogen-bond donors (Lipinski definition) is 0. The number of thioether (sulfide) groups is 4. The van der Waals surface area contributed by atoms with Crippen LogP contribution < -0.4 is 10.6 Å². The lowest BCUT2D eigenvalue weighted by Crippen LogP contribution is -2.15. The van der Waals surface area contributed by atoms with E-state index in [-0.39, 0.29) is 0 Å². The molecule has 1 nitrogen and oxygen atoms in total. The lowest BCUT2D eigenvalue weighted by molar-refractivity contribution is 0.591. The first-order valence-electron chi connectivity index (χ1n) is 8.52. The van der Waals surface area contributed by atoms with Crippen molar-refractivity contribution in [3.05, 3.63) is 95.1 Å². The van der Waals surface area contributed by atoms with E-state index in [4.69, 9.17) is 0 Å². The molecule has 0 radical (unpaired) electrons. The Morgan fingerprint density at radius 2 is 1.54 bits per heavy atom. The second-order valence-corrected chi connectivity index (χ2v) is 13.0. The maximum atomic E-state index is 14.2. The third-order valence-corrected chi connectivity index (χ3v) is 12.4. The van der Waals surface area contributed by atoms with Crippen LogP contribution in [0.15, 0.2) is 89.5 Å². The molecule has 0 spiro atoms. The smallest absolute Gasteiger partial charge is 0.179 e. The number of benzene rings is 2. The van der Waals surface area contributed by atoms with Crippen LogP contribution in [0.2, 0.25) is 0 Å². The minimum absolute atomic E-state index is 0.721. The highest BCUT2D eigenvalue weighted by Gasteiger charge is 2.37. The minimum atomic E-state index is -2.90. The van der Waals surface area contributed by atoms with E-state index >= 15 is 0 Å². The van der Waals surface area contributed by atoms with Crippen LogP contribution in [0.1, 0.15) is 5.56 Å². The largest absolute Gasteiger partial charge is 0.308 e. The molecule has 0 N–H and O–H groups in total. The van der Waals surface area contributed by atoms with Crippen molar-refractivity contribution in [1.29, 1.82) is 0 Å². The highest BCUT2D eigenvalue weighted by Crippen LogP contribution is 2.57. The van der Waals surface area contributed by atoms with E-state index in [1.165, 1.54) is 8.47 Å².